The molecule has 12 heavy (non-hydrogen) atoms. The summed E-state index contributed by atoms with van der Waals surface area (Å²) >= 11 is 4.01. The Morgan fingerprint density at radius 1 is 1.42 bits per heavy atom. The molecule has 0 unspecified atom stereocenters. The van der Waals surface area contributed by atoms with Crippen LogP contribution in [0.1, 0.15) is 12.5 Å². The minimum atomic E-state index is 0.986. The molecule has 0 bridgehead atoms. The second-order valence-corrected chi connectivity index (χ2v) is 4.18. The van der Waals surface area contributed by atoms with E-state index in [4.69, 9.17) is 0 Å². The van der Waals surface area contributed by atoms with Crippen LogP contribution in [-0.4, -0.2) is 0 Å². The van der Waals surface area contributed by atoms with Crippen LogP contribution in [0.25, 0.3) is 0 Å². The largest absolute Gasteiger partial charge is 0.0947 e. The quantitative estimate of drug-likeness (QED) is 0.593. The molecule has 0 spiro atoms. The van der Waals surface area contributed by atoms with Crippen molar-refractivity contribution in [1.82, 2.24) is 0 Å². The summed E-state index contributed by atoms with van der Waals surface area (Å²) in [6.07, 6.45) is 0. The second kappa shape index (κ2) is 5.50. The molecule has 1 aromatic rings. The maximum atomic E-state index is 2.99. The lowest BCUT2D eigenvalue weighted by Crippen LogP contribution is -1.82. The van der Waals surface area contributed by atoms with Gasteiger partial charge in [-0.25, -0.2) is 0 Å². The number of benzene rings is 1. The molecule has 0 amide bonds. The zero-order valence-electron chi connectivity index (χ0n) is 6.80. The molecule has 62 valence electrons. The van der Waals surface area contributed by atoms with Crippen LogP contribution in [0.3, 0.4) is 0 Å². The van der Waals surface area contributed by atoms with E-state index < -0.39 is 0 Å². The maximum Gasteiger partial charge on any atom is 0.0318 e. The van der Waals surface area contributed by atoms with Gasteiger partial charge in [0.2, 0.25) is 0 Å². The Morgan fingerprint density at radius 2 is 2.17 bits per heavy atom. The fourth-order valence-electron chi connectivity index (χ4n) is 0.801. The molecule has 2 heteroatoms. The molecule has 0 aliphatic carbocycles. The van der Waals surface area contributed by atoms with Crippen molar-refractivity contribution in [3.05, 3.63) is 33.4 Å². The molecular formula is C10H9IS. The molecule has 0 heterocycles. The van der Waals surface area contributed by atoms with Gasteiger partial charge in [0, 0.05) is 9.32 Å². The van der Waals surface area contributed by atoms with Gasteiger partial charge >= 0.3 is 0 Å². The van der Waals surface area contributed by atoms with E-state index in [-0.39, 0.29) is 0 Å². The Kier molecular flexibility index (Phi) is 4.55. The molecule has 0 atom stereocenters. The van der Waals surface area contributed by atoms with Crippen LogP contribution >= 0.6 is 34.4 Å². The average Bonchev–Trinajstić information content (AvgIpc) is 2.09. The van der Waals surface area contributed by atoms with E-state index in [1.54, 1.807) is 11.8 Å². The normalized spacial score (nSPS) is 8.83. The summed E-state index contributed by atoms with van der Waals surface area (Å²) in [4.78, 5) is 0. The molecule has 1 aromatic carbocycles. The lowest BCUT2D eigenvalue weighted by atomic mass is 10.2. The van der Waals surface area contributed by atoms with Crippen molar-refractivity contribution >= 4 is 34.4 Å². The van der Waals surface area contributed by atoms with E-state index in [1.807, 2.05) is 6.92 Å². The minimum Gasteiger partial charge on any atom is -0.0947 e. The van der Waals surface area contributed by atoms with Gasteiger partial charge in [0.15, 0.2) is 0 Å². The van der Waals surface area contributed by atoms with Crippen LogP contribution in [0.15, 0.2) is 24.3 Å². The van der Waals surface area contributed by atoms with Gasteiger partial charge in [0.25, 0.3) is 0 Å². The van der Waals surface area contributed by atoms with E-state index >= 15 is 0 Å². The van der Waals surface area contributed by atoms with Crippen molar-refractivity contribution in [2.24, 2.45) is 0 Å². The van der Waals surface area contributed by atoms with Gasteiger partial charge in [0.1, 0.15) is 0 Å². The van der Waals surface area contributed by atoms with Crippen molar-refractivity contribution in [1.29, 1.82) is 0 Å². The van der Waals surface area contributed by atoms with Crippen LogP contribution in [0.4, 0.5) is 0 Å². The summed E-state index contributed by atoms with van der Waals surface area (Å²) in [5.74, 6) is 3.85. The molecule has 0 aliphatic heterocycles. The van der Waals surface area contributed by atoms with Crippen molar-refractivity contribution < 1.29 is 0 Å². The Morgan fingerprint density at radius 3 is 2.83 bits per heavy atom. The van der Waals surface area contributed by atoms with E-state index in [2.05, 4.69) is 58.0 Å². The zero-order valence-corrected chi connectivity index (χ0v) is 9.78. The molecule has 0 saturated heterocycles. The number of hydrogen-bond donors (Lipinski definition) is 0. The predicted molar refractivity (Wildman–Crippen MR) is 63.9 cm³/mol. The summed E-state index contributed by atoms with van der Waals surface area (Å²) in [6, 6.07) is 8.39. The Labute approximate surface area is 91.3 Å². The van der Waals surface area contributed by atoms with E-state index in [9.17, 15) is 0 Å². The Hall–Kier alpha value is -0.140. The van der Waals surface area contributed by atoms with Crippen molar-refractivity contribution in [2.75, 3.05) is 0 Å². The van der Waals surface area contributed by atoms with Crippen LogP contribution < -0.4 is 0 Å². The van der Waals surface area contributed by atoms with Crippen molar-refractivity contribution in [3.63, 3.8) is 0 Å². The fraction of sp³-hybridized carbons (Fsp3) is 0.200. The summed E-state index contributed by atoms with van der Waals surface area (Å²) in [6.45, 7) is 1.86. The fourth-order valence-corrected chi connectivity index (χ4v) is 2.26. The van der Waals surface area contributed by atoms with Crippen LogP contribution in [0.5, 0.6) is 0 Å². The number of hydrogen-bond acceptors (Lipinski definition) is 1. The van der Waals surface area contributed by atoms with Gasteiger partial charge < -0.3 is 0 Å². The maximum absolute atomic E-state index is 2.99. The molecule has 0 aromatic heterocycles. The molecule has 0 saturated carbocycles. The van der Waals surface area contributed by atoms with Gasteiger partial charge in [-0.1, -0.05) is 35.9 Å². The third kappa shape index (κ3) is 3.08. The highest BCUT2D eigenvalue weighted by Crippen LogP contribution is 2.17. The summed E-state index contributed by atoms with van der Waals surface area (Å²) in [5, 5.41) is 2.99. The minimum absolute atomic E-state index is 0.986. The third-order valence-corrected chi connectivity index (χ3v) is 3.22. The Balaban J connectivity index is 2.61. The van der Waals surface area contributed by atoms with E-state index in [1.165, 1.54) is 9.13 Å². The van der Waals surface area contributed by atoms with Crippen LogP contribution in [0, 0.1) is 14.7 Å². The third-order valence-electron chi connectivity index (χ3n) is 1.36. The molecule has 0 nitrogen and oxygen atoms in total. The second-order valence-electron chi connectivity index (χ2n) is 2.23. The van der Waals surface area contributed by atoms with E-state index in [0.29, 0.717) is 0 Å². The van der Waals surface area contributed by atoms with Gasteiger partial charge in [0.05, 0.1) is 0 Å². The summed E-state index contributed by atoms with van der Waals surface area (Å²) in [7, 11) is 0. The molecule has 0 fully saturated rings. The standard InChI is InChI=1S/C10H9IS/c1-2-7-12-8-9-5-3-4-6-10(9)11/h3-6H,8H2,1H3. The summed E-state index contributed by atoms with van der Waals surface area (Å²) < 4.78 is 1.32. The number of rotatable bonds is 2. The summed E-state index contributed by atoms with van der Waals surface area (Å²) in [5.41, 5.74) is 1.37. The predicted octanol–water partition coefficient (Wildman–Crippen LogP) is 3.51. The monoisotopic (exact) mass is 288 g/mol. The molecule has 0 aliphatic rings. The molecule has 0 radical (unpaired) electrons. The SMILES string of the molecule is CC#CSCc1ccccc1I. The first kappa shape index (κ1) is 9.94. The van der Waals surface area contributed by atoms with Gasteiger partial charge in [-0.2, -0.15) is 0 Å². The van der Waals surface area contributed by atoms with E-state index in [0.717, 1.165) is 5.75 Å². The number of halogens is 1. The topological polar surface area (TPSA) is 0 Å². The van der Waals surface area contributed by atoms with Crippen LogP contribution in [-0.2, 0) is 5.75 Å². The molecule has 1 rings (SSSR count). The first-order chi connectivity index (χ1) is 5.84. The zero-order chi connectivity index (χ0) is 8.81. The van der Waals surface area contributed by atoms with Crippen molar-refractivity contribution in [3.8, 4) is 11.2 Å². The molecule has 0 N–H and O–H groups in total. The Bertz CT molecular complexity index is 309. The van der Waals surface area contributed by atoms with Gasteiger partial charge in [-0.3, -0.25) is 0 Å². The first-order valence-corrected chi connectivity index (χ1v) is 5.68. The van der Waals surface area contributed by atoms with Crippen molar-refractivity contribution in [2.45, 2.75) is 12.7 Å². The van der Waals surface area contributed by atoms with Gasteiger partial charge in [-0.15, -0.1) is 0 Å². The van der Waals surface area contributed by atoms with Crippen LogP contribution in [0.2, 0.25) is 0 Å². The lowest BCUT2D eigenvalue weighted by molar-refractivity contribution is 1.38. The van der Waals surface area contributed by atoms with Gasteiger partial charge in [-0.05, 0) is 46.4 Å². The molecular weight excluding hydrogens is 279 g/mol. The highest BCUT2D eigenvalue weighted by molar-refractivity contribution is 14.1. The highest BCUT2D eigenvalue weighted by atomic mass is 127. The smallest absolute Gasteiger partial charge is 0.0318 e. The first-order valence-electron chi connectivity index (χ1n) is 3.61. The lowest BCUT2D eigenvalue weighted by Gasteiger charge is -1.99. The average molecular weight is 288 g/mol. The number of thioether (sulfide) groups is 1. The highest BCUT2D eigenvalue weighted by Gasteiger charge is 1.95.